The van der Waals surface area contributed by atoms with Crippen LogP contribution in [0.5, 0.6) is 11.5 Å². The highest BCUT2D eigenvalue weighted by atomic mass is 19.4. The largest absolute Gasteiger partial charge is 0.573 e. The fraction of sp³-hybridized carbons (Fsp3) is 0.333. The van der Waals surface area contributed by atoms with Crippen LogP contribution >= 0.6 is 0 Å². The smallest absolute Gasteiger partial charge is 0.462 e. The molecule has 0 heterocycles. The molecule has 0 aromatic heterocycles. The first kappa shape index (κ1) is 17.5. The fourth-order valence-electron chi connectivity index (χ4n) is 1.42. The van der Waals surface area contributed by atoms with Crippen molar-refractivity contribution in [2.75, 3.05) is 6.61 Å². The monoisotopic (exact) mass is 325 g/mol. The van der Waals surface area contributed by atoms with Gasteiger partial charge >= 0.3 is 18.9 Å². The zero-order chi connectivity index (χ0) is 16.9. The molecule has 1 rings (SSSR count). The van der Waals surface area contributed by atoms with Crippen molar-refractivity contribution in [3.63, 3.8) is 0 Å². The molecular formula is C12H8F5NO4. The van der Waals surface area contributed by atoms with E-state index in [4.69, 9.17) is 5.26 Å². The molecule has 0 fully saturated rings. The number of alkyl halides is 5. The number of nitriles is 1. The average Bonchev–Trinajstić information content (AvgIpc) is 2.37. The predicted octanol–water partition coefficient (Wildman–Crippen LogP) is 3.23. The van der Waals surface area contributed by atoms with E-state index in [1.54, 1.807) is 0 Å². The van der Waals surface area contributed by atoms with E-state index in [2.05, 4.69) is 14.2 Å². The molecular weight excluding hydrogens is 317 g/mol. The van der Waals surface area contributed by atoms with Crippen LogP contribution in [0.2, 0.25) is 0 Å². The third kappa shape index (κ3) is 4.76. The van der Waals surface area contributed by atoms with Crippen molar-refractivity contribution in [2.24, 2.45) is 0 Å². The molecule has 0 N–H and O–H groups in total. The lowest BCUT2D eigenvalue weighted by atomic mass is 10.1. The number of hydrogen-bond acceptors (Lipinski definition) is 5. The molecule has 0 saturated carbocycles. The Morgan fingerprint density at radius 1 is 1.32 bits per heavy atom. The number of benzene rings is 1. The Kier molecular flexibility index (Phi) is 5.50. The number of esters is 1. The first-order chi connectivity index (χ1) is 10.2. The van der Waals surface area contributed by atoms with Crippen molar-refractivity contribution in [2.45, 2.75) is 19.9 Å². The van der Waals surface area contributed by atoms with E-state index in [1.807, 2.05) is 0 Å². The number of ether oxygens (including phenoxy) is 3. The molecule has 10 heteroatoms. The summed E-state index contributed by atoms with van der Waals surface area (Å²) in [5.74, 6) is -3.02. The lowest BCUT2D eigenvalue weighted by Crippen LogP contribution is -2.19. The molecule has 0 spiro atoms. The molecule has 0 aliphatic carbocycles. The SMILES string of the molecule is CCOC(=O)c1cc(OC(F)(F)F)c(C#N)cc1OC(F)F. The van der Waals surface area contributed by atoms with Crippen LogP contribution in [-0.2, 0) is 4.74 Å². The summed E-state index contributed by atoms with van der Waals surface area (Å²) in [4.78, 5) is 11.6. The summed E-state index contributed by atoms with van der Waals surface area (Å²) in [6, 6.07) is 2.33. The molecule has 0 bridgehead atoms. The van der Waals surface area contributed by atoms with E-state index in [9.17, 15) is 26.7 Å². The van der Waals surface area contributed by atoms with Crippen molar-refractivity contribution in [3.05, 3.63) is 23.3 Å². The molecule has 120 valence electrons. The Labute approximate surface area is 120 Å². The highest BCUT2D eigenvalue weighted by molar-refractivity contribution is 5.93. The van der Waals surface area contributed by atoms with Gasteiger partial charge in [-0.2, -0.15) is 14.0 Å². The lowest BCUT2D eigenvalue weighted by Gasteiger charge is -2.15. The summed E-state index contributed by atoms with van der Waals surface area (Å²) in [6.07, 6.45) is -5.14. The molecule has 0 aliphatic heterocycles. The van der Waals surface area contributed by atoms with Gasteiger partial charge in [0.05, 0.1) is 12.2 Å². The number of rotatable bonds is 5. The van der Waals surface area contributed by atoms with E-state index in [1.165, 1.54) is 13.0 Å². The molecule has 22 heavy (non-hydrogen) atoms. The van der Waals surface area contributed by atoms with E-state index >= 15 is 0 Å². The van der Waals surface area contributed by atoms with E-state index < -0.39 is 41.6 Å². The van der Waals surface area contributed by atoms with Crippen molar-refractivity contribution >= 4 is 5.97 Å². The van der Waals surface area contributed by atoms with Gasteiger partial charge in [0.2, 0.25) is 0 Å². The number of carbonyl (C=O) groups is 1. The van der Waals surface area contributed by atoms with Crippen LogP contribution in [0.15, 0.2) is 12.1 Å². The van der Waals surface area contributed by atoms with Gasteiger partial charge in [0.15, 0.2) is 0 Å². The molecule has 1 aromatic rings. The maximum absolute atomic E-state index is 12.3. The van der Waals surface area contributed by atoms with Crippen LogP contribution in [0, 0.1) is 11.3 Å². The van der Waals surface area contributed by atoms with Crippen LogP contribution in [0.4, 0.5) is 22.0 Å². The molecule has 0 radical (unpaired) electrons. The number of carbonyl (C=O) groups excluding carboxylic acids is 1. The van der Waals surface area contributed by atoms with Crippen LogP contribution in [-0.4, -0.2) is 25.6 Å². The molecule has 0 saturated heterocycles. The predicted molar refractivity (Wildman–Crippen MR) is 60.4 cm³/mol. The minimum Gasteiger partial charge on any atom is -0.462 e. The third-order valence-corrected chi connectivity index (χ3v) is 2.14. The standard InChI is InChI=1S/C12H8F5NO4/c1-2-20-10(19)7-4-8(22-12(15,16)17)6(5-18)3-9(7)21-11(13)14/h3-4,11H,2H2,1H3. The Morgan fingerprint density at radius 2 is 1.95 bits per heavy atom. The first-order valence-corrected chi connectivity index (χ1v) is 5.63. The summed E-state index contributed by atoms with van der Waals surface area (Å²) >= 11 is 0. The third-order valence-electron chi connectivity index (χ3n) is 2.14. The normalized spacial score (nSPS) is 11.0. The second-order valence-corrected chi connectivity index (χ2v) is 3.60. The first-order valence-electron chi connectivity index (χ1n) is 5.63. The molecule has 0 aliphatic rings. The summed E-state index contributed by atoms with van der Waals surface area (Å²) in [6.45, 7) is -2.10. The van der Waals surface area contributed by atoms with Gasteiger partial charge in [-0.15, -0.1) is 13.2 Å². The van der Waals surface area contributed by atoms with Crippen molar-refractivity contribution < 1.29 is 41.0 Å². The topological polar surface area (TPSA) is 68.5 Å². The molecule has 0 atom stereocenters. The number of halogens is 5. The molecule has 0 unspecified atom stereocenters. The van der Waals surface area contributed by atoms with E-state index in [0.717, 1.165) is 0 Å². The lowest BCUT2D eigenvalue weighted by molar-refractivity contribution is -0.274. The van der Waals surface area contributed by atoms with Gasteiger partial charge < -0.3 is 14.2 Å². The number of hydrogen-bond donors (Lipinski definition) is 0. The minimum absolute atomic E-state index is 0.150. The molecule has 0 amide bonds. The summed E-state index contributed by atoms with van der Waals surface area (Å²) in [5, 5.41) is 8.75. The van der Waals surface area contributed by atoms with Crippen molar-refractivity contribution in [1.29, 1.82) is 5.26 Å². The summed E-state index contributed by atoms with van der Waals surface area (Å²) < 4.78 is 73.5. The van der Waals surface area contributed by atoms with Crippen molar-refractivity contribution in [3.8, 4) is 17.6 Å². The quantitative estimate of drug-likeness (QED) is 0.614. The Bertz CT molecular complexity index is 594. The van der Waals surface area contributed by atoms with Crippen LogP contribution in [0.3, 0.4) is 0 Å². The van der Waals surface area contributed by atoms with Gasteiger partial charge in [-0.1, -0.05) is 0 Å². The second-order valence-electron chi connectivity index (χ2n) is 3.60. The number of nitrogens with zero attached hydrogens (tertiary/aromatic N) is 1. The molecule has 5 nitrogen and oxygen atoms in total. The highest BCUT2D eigenvalue weighted by Gasteiger charge is 2.33. The zero-order valence-electron chi connectivity index (χ0n) is 10.9. The van der Waals surface area contributed by atoms with Gasteiger partial charge in [0.25, 0.3) is 0 Å². The maximum Gasteiger partial charge on any atom is 0.573 e. The van der Waals surface area contributed by atoms with Gasteiger partial charge in [0.1, 0.15) is 23.1 Å². The van der Waals surface area contributed by atoms with Gasteiger partial charge in [-0.3, -0.25) is 0 Å². The van der Waals surface area contributed by atoms with Crippen LogP contribution < -0.4 is 9.47 Å². The molecule has 1 aromatic carbocycles. The van der Waals surface area contributed by atoms with Gasteiger partial charge in [-0.25, -0.2) is 4.79 Å². The zero-order valence-corrected chi connectivity index (χ0v) is 10.9. The van der Waals surface area contributed by atoms with Crippen LogP contribution in [0.1, 0.15) is 22.8 Å². The van der Waals surface area contributed by atoms with Crippen molar-refractivity contribution in [1.82, 2.24) is 0 Å². The highest BCUT2D eigenvalue weighted by Crippen LogP contribution is 2.33. The Balaban J connectivity index is 3.39. The summed E-state index contributed by atoms with van der Waals surface area (Å²) in [5.41, 5.74) is -1.46. The van der Waals surface area contributed by atoms with E-state index in [-0.39, 0.29) is 6.61 Å². The second kappa shape index (κ2) is 6.93. The van der Waals surface area contributed by atoms with Gasteiger partial charge in [0, 0.05) is 12.1 Å². The van der Waals surface area contributed by atoms with Crippen LogP contribution in [0.25, 0.3) is 0 Å². The van der Waals surface area contributed by atoms with E-state index in [0.29, 0.717) is 12.1 Å². The fourth-order valence-corrected chi connectivity index (χ4v) is 1.42. The van der Waals surface area contributed by atoms with Gasteiger partial charge in [-0.05, 0) is 6.92 Å². The summed E-state index contributed by atoms with van der Waals surface area (Å²) in [7, 11) is 0. The average molecular weight is 325 g/mol. The maximum atomic E-state index is 12.3. The Morgan fingerprint density at radius 3 is 2.41 bits per heavy atom. The Hall–Kier alpha value is -2.57. The minimum atomic E-state index is -5.14.